The lowest BCUT2D eigenvalue weighted by Crippen LogP contribution is -2.37. The van der Waals surface area contributed by atoms with Gasteiger partial charge < -0.3 is 4.74 Å². The number of nitrogens with zero attached hydrogens (tertiary/aromatic N) is 1. The van der Waals surface area contributed by atoms with Gasteiger partial charge in [0.05, 0.1) is 18.3 Å². The lowest BCUT2D eigenvalue weighted by Gasteiger charge is -2.21. The number of rotatable bonds is 4. The van der Waals surface area contributed by atoms with Crippen molar-refractivity contribution in [1.29, 1.82) is 0 Å². The molecule has 0 saturated carbocycles. The summed E-state index contributed by atoms with van der Waals surface area (Å²) in [5, 5.41) is 3.36. The van der Waals surface area contributed by atoms with Crippen LogP contribution in [0.3, 0.4) is 0 Å². The largest absolute Gasteiger partial charge is 0.464 e. The molecule has 1 aromatic heterocycles. The van der Waals surface area contributed by atoms with Crippen molar-refractivity contribution in [3.63, 3.8) is 0 Å². The summed E-state index contributed by atoms with van der Waals surface area (Å²) in [6, 6.07) is 15.4. The van der Waals surface area contributed by atoms with Crippen molar-refractivity contribution in [2.24, 2.45) is 0 Å². The van der Waals surface area contributed by atoms with Crippen molar-refractivity contribution in [2.75, 3.05) is 6.61 Å². The lowest BCUT2D eigenvalue weighted by molar-refractivity contribution is -0.139. The van der Waals surface area contributed by atoms with Gasteiger partial charge in [0.1, 0.15) is 6.04 Å². The second-order valence-corrected chi connectivity index (χ2v) is 4.77. The van der Waals surface area contributed by atoms with Gasteiger partial charge in [0.25, 0.3) is 0 Å². The molecule has 1 aliphatic heterocycles. The van der Waals surface area contributed by atoms with E-state index < -0.39 is 0 Å². The van der Waals surface area contributed by atoms with Gasteiger partial charge in [-0.15, -0.1) is 0 Å². The van der Waals surface area contributed by atoms with Crippen LogP contribution in [-0.4, -0.2) is 23.6 Å². The summed E-state index contributed by atoms with van der Waals surface area (Å²) in [6.45, 7) is 0.486. The minimum atomic E-state index is -0.262. The maximum Gasteiger partial charge on any atom is 0.323 e. The molecule has 20 heavy (non-hydrogen) atoms. The number of benzene rings is 1. The first kappa shape index (κ1) is 12.8. The van der Waals surface area contributed by atoms with Crippen LogP contribution in [0, 0.1) is 0 Å². The zero-order valence-electron chi connectivity index (χ0n) is 11.0. The SMILES string of the molecule is O=C1OCCC1NC(c1ccccc1)c1ccccn1. The van der Waals surface area contributed by atoms with E-state index in [9.17, 15) is 4.79 Å². The Balaban J connectivity index is 1.90. The van der Waals surface area contributed by atoms with Gasteiger partial charge in [0, 0.05) is 12.6 Å². The Hall–Kier alpha value is -2.20. The van der Waals surface area contributed by atoms with Crippen LogP contribution < -0.4 is 5.32 Å². The molecule has 0 spiro atoms. The zero-order valence-corrected chi connectivity index (χ0v) is 11.0. The second-order valence-electron chi connectivity index (χ2n) is 4.77. The highest BCUT2D eigenvalue weighted by molar-refractivity contribution is 5.77. The summed E-state index contributed by atoms with van der Waals surface area (Å²) in [5.41, 5.74) is 1.99. The van der Waals surface area contributed by atoms with Crippen molar-refractivity contribution in [3.05, 3.63) is 66.0 Å². The van der Waals surface area contributed by atoms with E-state index in [1.54, 1.807) is 6.20 Å². The van der Waals surface area contributed by atoms with Crippen LogP contribution in [0.15, 0.2) is 54.7 Å². The number of carbonyl (C=O) groups excluding carboxylic acids is 1. The average Bonchev–Trinajstić information content (AvgIpc) is 2.92. The van der Waals surface area contributed by atoms with Crippen molar-refractivity contribution in [2.45, 2.75) is 18.5 Å². The summed E-state index contributed by atoms with van der Waals surface area (Å²) in [7, 11) is 0. The smallest absolute Gasteiger partial charge is 0.323 e. The van der Waals surface area contributed by atoms with E-state index in [0.29, 0.717) is 13.0 Å². The molecule has 102 valence electrons. The molecule has 1 N–H and O–H groups in total. The van der Waals surface area contributed by atoms with Crippen LogP contribution in [0.25, 0.3) is 0 Å². The fourth-order valence-electron chi connectivity index (χ4n) is 2.39. The van der Waals surface area contributed by atoms with Gasteiger partial charge in [0.15, 0.2) is 0 Å². The molecule has 1 aromatic carbocycles. The van der Waals surface area contributed by atoms with Gasteiger partial charge in [-0.2, -0.15) is 0 Å². The Labute approximate surface area is 117 Å². The summed E-state index contributed by atoms with van der Waals surface area (Å²) >= 11 is 0. The number of carbonyl (C=O) groups is 1. The summed E-state index contributed by atoms with van der Waals surface area (Å²) in [5.74, 6) is -0.179. The van der Waals surface area contributed by atoms with Gasteiger partial charge in [-0.05, 0) is 17.7 Å². The number of hydrogen-bond acceptors (Lipinski definition) is 4. The number of cyclic esters (lactones) is 1. The van der Waals surface area contributed by atoms with E-state index in [4.69, 9.17) is 4.74 Å². The normalized spacial score (nSPS) is 19.6. The number of nitrogens with one attached hydrogen (secondary N) is 1. The van der Waals surface area contributed by atoms with Crippen LogP contribution >= 0.6 is 0 Å². The molecule has 4 nitrogen and oxygen atoms in total. The quantitative estimate of drug-likeness (QED) is 0.863. The molecule has 2 atom stereocenters. The third-order valence-corrected chi connectivity index (χ3v) is 3.42. The standard InChI is InChI=1S/C16H16N2O2/c19-16-14(9-11-20-16)18-15(12-6-2-1-3-7-12)13-8-4-5-10-17-13/h1-8,10,14-15,18H,9,11H2. The van der Waals surface area contributed by atoms with Gasteiger partial charge in [0.2, 0.25) is 0 Å². The predicted octanol–water partition coefficient (Wildman–Crippen LogP) is 2.08. The molecule has 4 heteroatoms. The molecule has 1 fully saturated rings. The van der Waals surface area contributed by atoms with Gasteiger partial charge in [-0.3, -0.25) is 15.1 Å². The summed E-state index contributed by atoms with van der Waals surface area (Å²) in [6.07, 6.45) is 2.47. The van der Waals surface area contributed by atoms with Crippen LogP contribution in [0.1, 0.15) is 23.7 Å². The number of aromatic nitrogens is 1. The van der Waals surface area contributed by atoms with Gasteiger partial charge in [-0.25, -0.2) is 0 Å². The van der Waals surface area contributed by atoms with Crippen molar-refractivity contribution in [1.82, 2.24) is 10.3 Å². The highest BCUT2D eigenvalue weighted by atomic mass is 16.5. The van der Waals surface area contributed by atoms with Crippen molar-refractivity contribution < 1.29 is 9.53 Å². The van der Waals surface area contributed by atoms with E-state index in [1.807, 2.05) is 48.5 Å². The van der Waals surface area contributed by atoms with E-state index in [0.717, 1.165) is 11.3 Å². The fraction of sp³-hybridized carbons (Fsp3) is 0.250. The molecule has 0 bridgehead atoms. The van der Waals surface area contributed by atoms with E-state index in [-0.39, 0.29) is 18.1 Å². The monoisotopic (exact) mass is 268 g/mol. The molecule has 3 rings (SSSR count). The molecule has 1 saturated heterocycles. The number of hydrogen-bond donors (Lipinski definition) is 1. The lowest BCUT2D eigenvalue weighted by atomic mass is 10.0. The highest BCUT2D eigenvalue weighted by Gasteiger charge is 2.30. The van der Waals surface area contributed by atoms with E-state index in [2.05, 4.69) is 10.3 Å². The van der Waals surface area contributed by atoms with Gasteiger partial charge >= 0.3 is 5.97 Å². The summed E-state index contributed by atoms with van der Waals surface area (Å²) < 4.78 is 5.02. The summed E-state index contributed by atoms with van der Waals surface area (Å²) in [4.78, 5) is 16.1. The van der Waals surface area contributed by atoms with Crippen molar-refractivity contribution >= 4 is 5.97 Å². The topological polar surface area (TPSA) is 51.2 Å². The van der Waals surface area contributed by atoms with E-state index >= 15 is 0 Å². The number of pyridine rings is 1. The molecule has 2 aromatic rings. The molecule has 0 radical (unpaired) electrons. The molecule has 2 unspecified atom stereocenters. The second kappa shape index (κ2) is 5.84. The molecule has 1 aliphatic rings. The maximum atomic E-state index is 11.7. The molecule has 2 heterocycles. The minimum Gasteiger partial charge on any atom is -0.464 e. The van der Waals surface area contributed by atoms with Crippen LogP contribution in [0.2, 0.25) is 0 Å². The van der Waals surface area contributed by atoms with Crippen LogP contribution in [0.4, 0.5) is 0 Å². The Morgan fingerprint density at radius 1 is 1.15 bits per heavy atom. The molecule has 0 aliphatic carbocycles. The first-order valence-electron chi connectivity index (χ1n) is 6.73. The van der Waals surface area contributed by atoms with E-state index in [1.165, 1.54) is 0 Å². The molecular formula is C16H16N2O2. The predicted molar refractivity (Wildman–Crippen MR) is 75.0 cm³/mol. The highest BCUT2D eigenvalue weighted by Crippen LogP contribution is 2.22. The third-order valence-electron chi connectivity index (χ3n) is 3.42. The molecular weight excluding hydrogens is 252 g/mol. The Kier molecular flexibility index (Phi) is 3.74. The Morgan fingerprint density at radius 2 is 1.95 bits per heavy atom. The fourth-order valence-corrected chi connectivity index (χ4v) is 2.39. The number of ether oxygens (including phenoxy) is 1. The minimum absolute atomic E-state index is 0.104. The van der Waals surface area contributed by atoms with Crippen LogP contribution in [-0.2, 0) is 9.53 Å². The van der Waals surface area contributed by atoms with Gasteiger partial charge in [-0.1, -0.05) is 36.4 Å². The third kappa shape index (κ3) is 2.70. The zero-order chi connectivity index (χ0) is 13.8. The number of esters is 1. The Morgan fingerprint density at radius 3 is 2.60 bits per heavy atom. The first-order chi connectivity index (χ1) is 9.84. The Bertz CT molecular complexity index is 532. The maximum absolute atomic E-state index is 11.7. The van der Waals surface area contributed by atoms with Crippen LogP contribution in [0.5, 0.6) is 0 Å². The van der Waals surface area contributed by atoms with Crippen molar-refractivity contribution in [3.8, 4) is 0 Å². The average molecular weight is 268 g/mol. The molecule has 0 amide bonds. The first-order valence-corrected chi connectivity index (χ1v) is 6.73.